The number of nitrogens with zero attached hydrogens (tertiary/aromatic N) is 3. The smallest absolute Gasteiger partial charge is 0.191 e. The molecule has 0 aliphatic rings. The molecule has 0 unspecified atom stereocenters. The van der Waals surface area contributed by atoms with Crippen molar-refractivity contribution in [1.82, 2.24) is 14.8 Å². The highest BCUT2D eigenvalue weighted by molar-refractivity contribution is 7.98. The van der Waals surface area contributed by atoms with Crippen LogP contribution in [0.25, 0.3) is 21.5 Å². The Bertz CT molecular complexity index is 1040. The lowest BCUT2D eigenvalue weighted by molar-refractivity contribution is 0.414. The largest absolute Gasteiger partial charge is 0.497 e. The van der Waals surface area contributed by atoms with E-state index in [1.165, 1.54) is 15.6 Å². The van der Waals surface area contributed by atoms with Crippen molar-refractivity contribution < 1.29 is 4.74 Å². The van der Waals surface area contributed by atoms with E-state index in [2.05, 4.69) is 63.5 Å². The number of hydrogen-bond acceptors (Lipinski definition) is 5. The van der Waals surface area contributed by atoms with Crippen LogP contribution in [0.3, 0.4) is 0 Å². The molecule has 2 aromatic heterocycles. The first kappa shape index (κ1) is 17.1. The molecule has 0 atom stereocenters. The van der Waals surface area contributed by atoms with Crippen LogP contribution in [0.5, 0.6) is 5.75 Å². The van der Waals surface area contributed by atoms with Gasteiger partial charge in [0, 0.05) is 33.3 Å². The molecule has 2 heterocycles. The number of aromatic nitrogens is 3. The Labute approximate surface area is 160 Å². The summed E-state index contributed by atoms with van der Waals surface area (Å²) in [6, 6.07) is 16.6. The molecule has 4 rings (SSSR count). The molecule has 0 bridgehead atoms. The number of hydrogen-bond donors (Lipinski definition) is 0. The molecule has 0 spiro atoms. The fourth-order valence-electron chi connectivity index (χ4n) is 2.94. The summed E-state index contributed by atoms with van der Waals surface area (Å²) >= 11 is 3.45. The highest BCUT2D eigenvalue weighted by atomic mass is 32.2. The number of methoxy groups -OCH3 is 1. The number of thiophene rings is 1. The first-order valence-corrected chi connectivity index (χ1v) is 10.3. The molecule has 0 aliphatic carbocycles. The van der Waals surface area contributed by atoms with Gasteiger partial charge in [0.15, 0.2) is 11.0 Å². The normalized spacial score (nSPS) is 11.2. The van der Waals surface area contributed by atoms with Crippen LogP contribution in [0, 0.1) is 0 Å². The number of benzene rings is 2. The van der Waals surface area contributed by atoms with E-state index in [-0.39, 0.29) is 0 Å². The minimum absolute atomic E-state index is 0.833. The van der Waals surface area contributed by atoms with Crippen LogP contribution in [-0.4, -0.2) is 21.9 Å². The lowest BCUT2D eigenvalue weighted by atomic mass is 10.1. The van der Waals surface area contributed by atoms with Gasteiger partial charge in [0.25, 0.3) is 0 Å². The number of thioether (sulfide) groups is 1. The summed E-state index contributed by atoms with van der Waals surface area (Å²) in [4.78, 5) is 0. The van der Waals surface area contributed by atoms with Crippen LogP contribution >= 0.6 is 23.1 Å². The van der Waals surface area contributed by atoms with Crippen LogP contribution < -0.4 is 4.74 Å². The van der Waals surface area contributed by atoms with E-state index < -0.39 is 0 Å². The van der Waals surface area contributed by atoms with E-state index in [4.69, 9.17) is 4.74 Å². The maximum absolute atomic E-state index is 5.30. The molecule has 2 aromatic carbocycles. The van der Waals surface area contributed by atoms with Crippen LogP contribution in [0.2, 0.25) is 0 Å². The van der Waals surface area contributed by atoms with Crippen LogP contribution in [0.1, 0.15) is 12.5 Å². The Morgan fingerprint density at radius 2 is 2.00 bits per heavy atom. The van der Waals surface area contributed by atoms with E-state index in [9.17, 15) is 0 Å². The summed E-state index contributed by atoms with van der Waals surface area (Å²) in [6.45, 7) is 2.98. The van der Waals surface area contributed by atoms with Gasteiger partial charge in [0.1, 0.15) is 5.75 Å². The Morgan fingerprint density at radius 1 is 1.12 bits per heavy atom. The molecule has 0 radical (unpaired) electrons. The van der Waals surface area contributed by atoms with Gasteiger partial charge in [-0.15, -0.1) is 21.5 Å². The Hall–Kier alpha value is -2.31. The van der Waals surface area contributed by atoms with Gasteiger partial charge in [0.05, 0.1) is 7.11 Å². The van der Waals surface area contributed by atoms with Crippen molar-refractivity contribution in [2.45, 2.75) is 24.4 Å². The maximum atomic E-state index is 5.30. The SMILES string of the molecule is CCn1c(SCc2cccc(OC)c2)nnc1-c1csc2ccccc12. The second-order valence-electron chi connectivity index (χ2n) is 5.84. The summed E-state index contributed by atoms with van der Waals surface area (Å²) in [5, 5.41) is 13.3. The van der Waals surface area contributed by atoms with Gasteiger partial charge in [-0.2, -0.15) is 0 Å². The number of rotatable bonds is 6. The molecule has 4 nitrogen and oxygen atoms in total. The second-order valence-corrected chi connectivity index (χ2v) is 7.69. The third kappa shape index (κ3) is 3.22. The summed E-state index contributed by atoms with van der Waals surface area (Å²) in [7, 11) is 1.69. The predicted octanol–water partition coefficient (Wildman–Crippen LogP) is 5.48. The molecule has 0 fully saturated rings. The molecule has 6 heteroatoms. The molecule has 0 N–H and O–H groups in total. The van der Waals surface area contributed by atoms with Crippen molar-refractivity contribution in [3.05, 3.63) is 59.5 Å². The third-order valence-electron chi connectivity index (χ3n) is 4.26. The quantitative estimate of drug-likeness (QED) is 0.415. The Kier molecular flexibility index (Phi) is 4.95. The van der Waals surface area contributed by atoms with Crippen molar-refractivity contribution in [2.24, 2.45) is 0 Å². The molecule has 0 saturated carbocycles. The lowest BCUT2D eigenvalue weighted by Gasteiger charge is -2.07. The minimum atomic E-state index is 0.833. The van der Waals surface area contributed by atoms with E-state index in [0.29, 0.717) is 0 Å². The van der Waals surface area contributed by atoms with E-state index >= 15 is 0 Å². The van der Waals surface area contributed by atoms with Gasteiger partial charge < -0.3 is 9.30 Å². The standard InChI is InChI=1S/C20H19N3OS2/c1-3-23-19(17-13-25-18-10-5-4-9-16(17)18)21-22-20(23)26-12-14-7-6-8-15(11-14)24-2/h4-11,13H,3,12H2,1-2H3. The van der Waals surface area contributed by atoms with Crippen LogP contribution in [0.4, 0.5) is 0 Å². The van der Waals surface area contributed by atoms with Crippen molar-refractivity contribution in [3.63, 3.8) is 0 Å². The van der Waals surface area contributed by atoms with Gasteiger partial charge in [0.2, 0.25) is 0 Å². The minimum Gasteiger partial charge on any atom is -0.497 e. The molecular formula is C20H19N3OS2. The van der Waals surface area contributed by atoms with Gasteiger partial charge in [-0.1, -0.05) is 42.1 Å². The first-order valence-electron chi connectivity index (χ1n) is 8.45. The Balaban J connectivity index is 1.62. The predicted molar refractivity (Wildman–Crippen MR) is 109 cm³/mol. The molecule has 26 heavy (non-hydrogen) atoms. The molecule has 0 amide bonds. The van der Waals surface area contributed by atoms with Crippen molar-refractivity contribution in [1.29, 1.82) is 0 Å². The van der Waals surface area contributed by atoms with E-state index in [1.807, 2.05) is 12.1 Å². The summed E-state index contributed by atoms with van der Waals surface area (Å²) in [5.74, 6) is 2.66. The zero-order chi connectivity index (χ0) is 17.9. The zero-order valence-corrected chi connectivity index (χ0v) is 16.3. The highest BCUT2D eigenvalue weighted by Crippen LogP contribution is 2.34. The lowest BCUT2D eigenvalue weighted by Crippen LogP contribution is -1.99. The first-order chi connectivity index (χ1) is 12.8. The van der Waals surface area contributed by atoms with Crippen LogP contribution in [-0.2, 0) is 12.3 Å². The second kappa shape index (κ2) is 7.51. The van der Waals surface area contributed by atoms with Gasteiger partial charge in [-0.05, 0) is 30.7 Å². The molecule has 0 saturated heterocycles. The summed E-state index contributed by atoms with van der Waals surface area (Å²) in [6.07, 6.45) is 0. The van der Waals surface area contributed by atoms with Crippen molar-refractivity contribution in [2.75, 3.05) is 7.11 Å². The Morgan fingerprint density at radius 3 is 2.85 bits per heavy atom. The van der Waals surface area contributed by atoms with E-state index in [1.54, 1.807) is 30.2 Å². The molecule has 0 aliphatic heterocycles. The van der Waals surface area contributed by atoms with E-state index in [0.717, 1.165) is 34.6 Å². The maximum Gasteiger partial charge on any atom is 0.191 e. The average molecular weight is 382 g/mol. The van der Waals surface area contributed by atoms with Crippen molar-refractivity contribution in [3.8, 4) is 17.1 Å². The monoisotopic (exact) mass is 381 g/mol. The molecule has 4 aromatic rings. The van der Waals surface area contributed by atoms with Gasteiger partial charge in [-0.25, -0.2) is 0 Å². The van der Waals surface area contributed by atoms with Gasteiger partial charge in [-0.3, -0.25) is 0 Å². The fourth-order valence-corrected chi connectivity index (χ4v) is 4.83. The van der Waals surface area contributed by atoms with Crippen molar-refractivity contribution >= 4 is 33.2 Å². The number of fused-ring (bicyclic) bond motifs is 1. The fraction of sp³-hybridized carbons (Fsp3) is 0.200. The third-order valence-corrected chi connectivity index (χ3v) is 6.26. The summed E-state index contributed by atoms with van der Waals surface area (Å²) < 4.78 is 8.77. The molecular weight excluding hydrogens is 362 g/mol. The highest BCUT2D eigenvalue weighted by Gasteiger charge is 2.16. The topological polar surface area (TPSA) is 39.9 Å². The van der Waals surface area contributed by atoms with Crippen LogP contribution in [0.15, 0.2) is 59.1 Å². The number of ether oxygens (including phenoxy) is 1. The molecule has 132 valence electrons. The summed E-state index contributed by atoms with van der Waals surface area (Å²) in [5.41, 5.74) is 2.37. The van der Waals surface area contributed by atoms with Gasteiger partial charge >= 0.3 is 0 Å². The average Bonchev–Trinajstić information content (AvgIpc) is 3.29. The zero-order valence-electron chi connectivity index (χ0n) is 14.7.